The Morgan fingerprint density at radius 1 is 1.21 bits per heavy atom. The van der Waals surface area contributed by atoms with E-state index >= 15 is 0 Å². The third-order valence-corrected chi connectivity index (χ3v) is 5.17. The maximum absolute atomic E-state index is 12.6. The second-order valence-electron chi connectivity index (χ2n) is 6.11. The van der Waals surface area contributed by atoms with E-state index in [4.69, 9.17) is 0 Å². The molecule has 1 N–H and O–H groups in total. The number of nitrogens with zero attached hydrogens (tertiary/aromatic N) is 5. The Morgan fingerprint density at radius 3 is 2.75 bits per heavy atom. The van der Waals surface area contributed by atoms with E-state index < -0.39 is 10.8 Å². The minimum Gasteiger partial charge on any atom is -0.296 e. The van der Waals surface area contributed by atoms with Gasteiger partial charge in [-0.2, -0.15) is 0 Å². The maximum Gasteiger partial charge on any atom is 0.279 e. The molecule has 4 aromatic rings. The summed E-state index contributed by atoms with van der Waals surface area (Å²) >= 11 is 1.38. The highest BCUT2D eigenvalue weighted by Gasteiger charge is 2.20. The number of nitrogens with one attached hydrogen (secondary N) is 1. The minimum atomic E-state index is -0.488. The highest BCUT2D eigenvalue weighted by molar-refractivity contribution is 7.22. The van der Waals surface area contributed by atoms with Gasteiger partial charge in [0.05, 0.1) is 26.5 Å². The molecule has 10 heteroatoms. The van der Waals surface area contributed by atoms with Crippen LogP contribution in [0.1, 0.15) is 21.7 Å². The van der Waals surface area contributed by atoms with Crippen molar-refractivity contribution in [2.24, 2.45) is 0 Å². The summed E-state index contributed by atoms with van der Waals surface area (Å²) in [5, 5.41) is 22.1. The number of aryl methyl sites for hydroxylation is 1. The topological polar surface area (TPSA) is 116 Å². The van der Waals surface area contributed by atoms with E-state index in [9.17, 15) is 14.9 Å². The van der Waals surface area contributed by atoms with E-state index in [-0.39, 0.29) is 11.4 Å². The van der Waals surface area contributed by atoms with E-state index in [1.54, 1.807) is 19.1 Å². The van der Waals surface area contributed by atoms with Gasteiger partial charge in [-0.1, -0.05) is 34.7 Å². The Balaban J connectivity index is 1.63. The first kappa shape index (κ1) is 17.7. The molecule has 0 atom stereocenters. The normalized spacial score (nSPS) is 10.9. The second-order valence-corrected chi connectivity index (χ2v) is 7.14. The fourth-order valence-corrected chi connectivity index (χ4v) is 3.76. The number of nitro groups is 1. The van der Waals surface area contributed by atoms with Gasteiger partial charge in [0.1, 0.15) is 0 Å². The zero-order chi connectivity index (χ0) is 19.8. The molecule has 0 radical (unpaired) electrons. The maximum atomic E-state index is 12.6. The number of non-ortho nitro benzene ring substituents is 1. The number of aromatic nitrogens is 4. The molecule has 2 aromatic heterocycles. The lowest BCUT2D eigenvalue weighted by Gasteiger charge is -2.03. The largest absolute Gasteiger partial charge is 0.296 e. The lowest BCUT2D eigenvalue weighted by Crippen LogP contribution is -2.14. The van der Waals surface area contributed by atoms with Crippen molar-refractivity contribution >= 4 is 38.3 Å². The molecular weight excluding hydrogens is 380 g/mol. The van der Waals surface area contributed by atoms with Crippen molar-refractivity contribution in [3.63, 3.8) is 0 Å². The van der Waals surface area contributed by atoms with Crippen LogP contribution in [0.2, 0.25) is 0 Å². The van der Waals surface area contributed by atoms with Crippen LogP contribution in [-0.2, 0) is 0 Å². The fourth-order valence-electron chi connectivity index (χ4n) is 2.82. The number of rotatable bonds is 4. The first-order valence-electron chi connectivity index (χ1n) is 8.28. The molecule has 0 aliphatic heterocycles. The van der Waals surface area contributed by atoms with Crippen molar-refractivity contribution in [1.82, 2.24) is 20.0 Å². The molecule has 1 amide bonds. The van der Waals surface area contributed by atoms with Gasteiger partial charge in [0.15, 0.2) is 10.8 Å². The first-order valence-corrected chi connectivity index (χ1v) is 9.10. The molecule has 0 aliphatic carbocycles. The predicted molar refractivity (Wildman–Crippen MR) is 105 cm³/mol. The smallest absolute Gasteiger partial charge is 0.279 e. The number of carbonyl (C=O) groups is 1. The summed E-state index contributed by atoms with van der Waals surface area (Å²) in [6.07, 6.45) is 0. The van der Waals surface area contributed by atoms with Gasteiger partial charge in [-0.25, -0.2) is 9.67 Å². The molecule has 9 nitrogen and oxygen atoms in total. The number of nitro benzene ring substituents is 1. The number of carbonyl (C=O) groups excluding carboxylic acids is 1. The van der Waals surface area contributed by atoms with Crippen molar-refractivity contribution < 1.29 is 9.72 Å². The fraction of sp³-hybridized carbons (Fsp3) is 0.111. The first-order chi connectivity index (χ1) is 13.4. The van der Waals surface area contributed by atoms with Gasteiger partial charge in [-0.15, -0.1) is 5.10 Å². The summed E-state index contributed by atoms with van der Waals surface area (Å²) in [6, 6.07) is 11.8. The van der Waals surface area contributed by atoms with E-state index in [1.807, 2.05) is 25.1 Å². The third kappa shape index (κ3) is 3.09. The third-order valence-electron chi connectivity index (χ3n) is 4.24. The number of hydrogen-bond donors (Lipinski definition) is 1. The van der Waals surface area contributed by atoms with Gasteiger partial charge in [-0.3, -0.25) is 20.2 Å². The molecule has 0 saturated carbocycles. The summed E-state index contributed by atoms with van der Waals surface area (Å²) in [5.41, 5.74) is 2.86. The average molecular weight is 394 g/mol. The zero-order valence-electron chi connectivity index (χ0n) is 14.9. The molecule has 0 fully saturated rings. The number of hydrogen-bond acceptors (Lipinski definition) is 7. The molecule has 0 bridgehead atoms. The van der Waals surface area contributed by atoms with Crippen molar-refractivity contribution in [3.8, 4) is 5.69 Å². The van der Waals surface area contributed by atoms with Crippen LogP contribution in [0.25, 0.3) is 15.9 Å². The molecule has 140 valence electrons. The lowest BCUT2D eigenvalue weighted by molar-refractivity contribution is -0.384. The number of fused-ring (bicyclic) bond motifs is 1. The number of amides is 1. The average Bonchev–Trinajstić information content (AvgIpc) is 3.25. The SMILES string of the molecule is Cc1cccc2sc(NC(=O)c3nnn(-c4cccc([N+](=O)[O-])c4)c3C)nc12. The van der Waals surface area contributed by atoms with Crippen LogP contribution in [0, 0.1) is 24.0 Å². The van der Waals surface area contributed by atoms with Gasteiger partial charge in [0.2, 0.25) is 0 Å². The number of anilines is 1. The standard InChI is InChI=1S/C18H14N6O3S/c1-10-5-3-8-14-15(10)19-18(28-14)20-17(25)16-11(2)23(22-21-16)12-6-4-7-13(9-12)24(26)27/h3-9H,1-2H3,(H,19,20,25). The summed E-state index contributed by atoms with van der Waals surface area (Å²) < 4.78 is 2.37. The summed E-state index contributed by atoms with van der Waals surface area (Å²) in [5.74, 6) is -0.439. The number of thiazole rings is 1. The molecule has 0 unspecified atom stereocenters. The highest BCUT2D eigenvalue weighted by Crippen LogP contribution is 2.28. The monoisotopic (exact) mass is 394 g/mol. The van der Waals surface area contributed by atoms with Gasteiger partial charge in [0, 0.05) is 12.1 Å². The van der Waals surface area contributed by atoms with Crippen molar-refractivity contribution in [1.29, 1.82) is 0 Å². The molecular formula is C18H14N6O3S. The Bertz CT molecular complexity index is 1230. The Hall–Kier alpha value is -3.66. The molecule has 2 aromatic carbocycles. The van der Waals surface area contributed by atoms with E-state index in [0.29, 0.717) is 16.5 Å². The van der Waals surface area contributed by atoms with Crippen LogP contribution < -0.4 is 5.32 Å². The van der Waals surface area contributed by atoms with Crippen LogP contribution in [-0.4, -0.2) is 30.8 Å². The summed E-state index contributed by atoms with van der Waals surface area (Å²) in [6.45, 7) is 3.64. The molecule has 4 rings (SSSR count). The quantitative estimate of drug-likeness (QED) is 0.417. The Morgan fingerprint density at radius 2 is 2.00 bits per heavy atom. The second kappa shape index (κ2) is 6.82. The van der Waals surface area contributed by atoms with Crippen LogP contribution in [0.15, 0.2) is 42.5 Å². The van der Waals surface area contributed by atoms with Gasteiger partial charge < -0.3 is 0 Å². The van der Waals surface area contributed by atoms with Gasteiger partial charge in [-0.05, 0) is 31.5 Å². The molecule has 0 saturated heterocycles. The van der Waals surface area contributed by atoms with E-state index in [2.05, 4.69) is 20.6 Å². The number of benzene rings is 2. The Labute approximate surface area is 162 Å². The van der Waals surface area contributed by atoms with Crippen molar-refractivity contribution in [2.45, 2.75) is 13.8 Å². The van der Waals surface area contributed by atoms with E-state index in [0.717, 1.165) is 15.8 Å². The molecule has 0 aliphatic rings. The predicted octanol–water partition coefficient (Wildman–Crippen LogP) is 3.65. The van der Waals surface area contributed by atoms with Crippen LogP contribution in [0.5, 0.6) is 0 Å². The molecule has 28 heavy (non-hydrogen) atoms. The van der Waals surface area contributed by atoms with E-state index in [1.165, 1.54) is 28.2 Å². The van der Waals surface area contributed by atoms with Crippen molar-refractivity contribution in [2.75, 3.05) is 5.32 Å². The molecule has 2 heterocycles. The van der Waals surface area contributed by atoms with Crippen LogP contribution in [0.3, 0.4) is 0 Å². The summed E-state index contributed by atoms with van der Waals surface area (Å²) in [7, 11) is 0. The lowest BCUT2D eigenvalue weighted by atomic mass is 10.2. The zero-order valence-corrected chi connectivity index (χ0v) is 15.7. The highest BCUT2D eigenvalue weighted by atomic mass is 32.1. The van der Waals surface area contributed by atoms with Gasteiger partial charge >= 0.3 is 0 Å². The van der Waals surface area contributed by atoms with Crippen LogP contribution in [0.4, 0.5) is 10.8 Å². The Kier molecular flexibility index (Phi) is 4.32. The summed E-state index contributed by atoms with van der Waals surface area (Å²) in [4.78, 5) is 27.6. The number of para-hydroxylation sites is 1. The minimum absolute atomic E-state index is 0.0664. The van der Waals surface area contributed by atoms with Crippen LogP contribution >= 0.6 is 11.3 Å². The van der Waals surface area contributed by atoms with Crippen molar-refractivity contribution in [3.05, 3.63) is 69.5 Å². The van der Waals surface area contributed by atoms with Gasteiger partial charge in [0.25, 0.3) is 11.6 Å². The molecule has 0 spiro atoms.